The van der Waals surface area contributed by atoms with Gasteiger partial charge in [0.15, 0.2) is 0 Å². The molecular formula is C7H17Cl3CrN. The van der Waals surface area contributed by atoms with Crippen molar-refractivity contribution >= 4 is 30.1 Å². The molecule has 77 valence electrons. The predicted molar refractivity (Wildman–Crippen MR) is 55.3 cm³/mol. The first-order chi connectivity index (χ1) is 5.31. The molecule has 1 nitrogen and oxygen atoms in total. The van der Waals surface area contributed by atoms with E-state index in [0.29, 0.717) is 5.28 Å². The summed E-state index contributed by atoms with van der Waals surface area (Å²) in [6.07, 6.45) is 5.80. The number of hydrogen-bond acceptors (Lipinski definition) is 1. The summed E-state index contributed by atoms with van der Waals surface area (Å²) in [5, 5.41) is 0.592. The van der Waals surface area contributed by atoms with Crippen molar-refractivity contribution < 1.29 is 9.46 Å². The topological polar surface area (TPSA) is 26.0 Å². The molecule has 5 heteroatoms. The third-order valence-electron chi connectivity index (χ3n) is 1.60. The number of rotatable bonds is 6. The number of nitrogens with two attached hydrogens (primary N) is 1. The first-order valence-corrected chi connectivity index (χ1v) is 11.1. The van der Waals surface area contributed by atoms with Gasteiger partial charge in [0.05, 0.1) is 0 Å². The molecule has 0 radical (unpaired) electrons. The maximum absolute atomic E-state index is 5.78. The monoisotopic (exact) mass is 272 g/mol. The Bertz CT molecular complexity index is 123. The predicted octanol–water partition coefficient (Wildman–Crippen LogP) is 4.40. The van der Waals surface area contributed by atoms with Crippen LogP contribution in [-0.4, -0.2) is 0 Å². The van der Waals surface area contributed by atoms with Crippen molar-refractivity contribution in [2.24, 2.45) is 4.72 Å². The van der Waals surface area contributed by atoms with Crippen molar-refractivity contribution in [1.29, 1.82) is 0 Å². The van der Waals surface area contributed by atoms with Crippen molar-refractivity contribution in [3.8, 4) is 0 Å². The van der Waals surface area contributed by atoms with E-state index >= 15 is 0 Å². The van der Waals surface area contributed by atoms with Crippen molar-refractivity contribution in [3.63, 3.8) is 0 Å². The Hall–Kier alpha value is 1.36. The molecule has 0 rings (SSSR count). The average Bonchev–Trinajstić information content (AvgIpc) is 1.83. The summed E-state index contributed by atoms with van der Waals surface area (Å²) >= 11 is 0. The van der Waals surface area contributed by atoms with Crippen LogP contribution in [0.4, 0.5) is 0 Å². The summed E-state index contributed by atoms with van der Waals surface area (Å²) in [4.78, 5) is 0. The zero-order valence-corrected chi connectivity index (χ0v) is 10.9. The number of hydrogen-bond donors (Lipinski definition) is 1. The number of unbranched alkanes of at least 4 members (excludes halogenated alkanes) is 4. The van der Waals surface area contributed by atoms with Crippen LogP contribution in [0.25, 0.3) is 0 Å². The summed E-state index contributed by atoms with van der Waals surface area (Å²) < 4.78 is 5.56. The molecule has 0 aliphatic heterocycles. The Labute approximate surface area is 88.4 Å². The molecule has 0 saturated heterocycles. The van der Waals surface area contributed by atoms with Gasteiger partial charge in [0.2, 0.25) is 0 Å². The second kappa shape index (κ2) is 5.29. The molecule has 0 amide bonds. The second-order valence-corrected chi connectivity index (χ2v) is 17.3. The summed E-state index contributed by atoms with van der Waals surface area (Å²) in [6, 6.07) is 0. The first-order valence-electron chi connectivity index (χ1n) is 4.19. The Kier molecular flexibility index (Phi) is 5.90. The van der Waals surface area contributed by atoms with E-state index < -0.39 is 9.46 Å². The molecular weight excluding hydrogens is 256 g/mol. The van der Waals surface area contributed by atoms with E-state index in [-0.39, 0.29) is 0 Å². The van der Waals surface area contributed by atoms with E-state index in [9.17, 15) is 0 Å². The van der Waals surface area contributed by atoms with Gasteiger partial charge in [-0.3, -0.25) is 0 Å². The van der Waals surface area contributed by atoms with E-state index in [1.807, 2.05) is 0 Å². The molecule has 0 aromatic heterocycles. The summed E-state index contributed by atoms with van der Waals surface area (Å²) in [7, 11) is 13.7. The van der Waals surface area contributed by atoms with Gasteiger partial charge in [0, 0.05) is 0 Å². The average molecular weight is 274 g/mol. The van der Waals surface area contributed by atoms with Gasteiger partial charge in [0.25, 0.3) is 0 Å². The van der Waals surface area contributed by atoms with Crippen molar-refractivity contribution in [2.75, 3.05) is 0 Å². The van der Waals surface area contributed by atoms with E-state index in [0.717, 1.165) is 12.8 Å². The molecule has 0 saturated carbocycles. The molecule has 0 heterocycles. The van der Waals surface area contributed by atoms with Crippen LogP contribution in [0.1, 0.15) is 39.0 Å². The molecule has 0 aliphatic carbocycles. The Balaban J connectivity index is 3.32. The Morgan fingerprint density at radius 3 is 1.92 bits per heavy atom. The second-order valence-electron chi connectivity index (χ2n) is 3.05. The van der Waals surface area contributed by atoms with Gasteiger partial charge in [-0.15, -0.1) is 0 Å². The third kappa shape index (κ3) is 11.4. The van der Waals surface area contributed by atoms with Gasteiger partial charge in [-0.1, -0.05) is 0 Å². The minimum atomic E-state index is -3.62. The van der Waals surface area contributed by atoms with E-state index in [1.54, 1.807) is 0 Å². The van der Waals surface area contributed by atoms with E-state index in [2.05, 4.69) is 6.92 Å². The van der Waals surface area contributed by atoms with Gasteiger partial charge in [-0.2, -0.15) is 0 Å². The van der Waals surface area contributed by atoms with Gasteiger partial charge < -0.3 is 0 Å². The van der Waals surface area contributed by atoms with Gasteiger partial charge in [0.1, 0.15) is 0 Å². The number of halogens is 3. The van der Waals surface area contributed by atoms with Crippen LogP contribution in [0.2, 0.25) is 5.28 Å². The van der Waals surface area contributed by atoms with Crippen LogP contribution in [-0.2, 0) is 9.46 Å². The molecule has 12 heavy (non-hydrogen) atoms. The quantitative estimate of drug-likeness (QED) is 0.713. The molecule has 0 unspecified atom stereocenters. The van der Waals surface area contributed by atoms with E-state index in [1.165, 1.54) is 19.3 Å². The van der Waals surface area contributed by atoms with Crippen LogP contribution in [0.15, 0.2) is 0 Å². The molecule has 2 N–H and O–H groups in total. The van der Waals surface area contributed by atoms with Crippen LogP contribution in [0.5, 0.6) is 0 Å². The Morgan fingerprint density at radius 2 is 1.50 bits per heavy atom. The molecule has 0 bridgehead atoms. The fraction of sp³-hybridized carbons (Fsp3) is 1.00. The molecule has 0 aliphatic rings. The van der Waals surface area contributed by atoms with Crippen molar-refractivity contribution in [1.82, 2.24) is 0 Å². The SMILES string of the molecule is CCCCCC[CH2][Cr]([NH2])([Cl])([Cl])[Cl]. The molecule has 0 aromatic carbocycles. The molecule has 0 spiro atoms. The third-order valence-corrected chi connectivity index (χ3v) is 5.05. The molecule has 0 aromatic rings. The van der Waals surface area contributed by atoms with Gasteiger partial charge in [-0.05, 0) is 0 Å². The minimum absolute atomic E-state index is 0.592. The normalized spacial score (nSPS) is 15.6. The van der Waals surface area contributed by atoms with Crippen LogP contribution in [0.3, 0.4) is 0 Å². The summed E-state index contributed by atoms with van der Waals surface area (Å²) in [6.45, 7) is 2.18. The van der Waals surface area contributed by atoms with Crippen molar-refractivity contribution in [2.45, 2.75) is 44.3 Å². The van der Waals surface area contributed by atoms with Crippen LogP contribution >= 0.6 is 30.1 Å². The molecule has 0 fully saturated rings. The fourth-order valence-electron chi connectivity index (χ4n) is 0.953. The standard InChI is InChI=1S/C7H15.3ClH.Cr.H2N/c1-3-5-7-6-4-2;;;;;/h1,3-7H2,2H3;3*1H;;1H2/q;;;;+4;-1/p-3. The van der Waals surface area contributed by atoms with E-state index in [4.69, 9.17) is 34.9 Å². The van der Waals surface area contributed by atoms with Crippen LogP contribution < -0.4 is 4.72 Å². The Morgan fingerprint density at radius 1 is 1.00 bits per heavy atom. The molecule has 0 atom stereocenters. The fourth-order valence-corrected chi connectivity index (χ4v) is 3.39. The zero-order valence-electron chi connectivity index (χ0n) is 7.36. The first kappa shape index (κ1) is 13.4. The maximum atomic E-state index is 5.78. The van der Waals surface area contributed by atoms with Crippen molar-refractivity contribution in [3.05, 3.63) is 0 Å². The zero-order chi connectivity index (χ0) is 9.69. The van der Waals surface area contributed by atoms with Gasteiger partial charge >= 0.3 is 88.6 Å². The summed E-state index contributed by atoms with van der Waals surface area (Å²) in [5.74, 6) is 0. The summed E-state index contributed by atoms with van der Waals surface area (Å²) in [5.41, 5.74) is 0. The van der Waals surface area contributed by atoms with Gasteiger partial charge in [-0.25, -0.2) is 0 Å². The van der Waals surface area contributed by atoms with Crippen LogP contribution in [0, 0.1) is 0 Å².